The number of hydrogen-bond acceptors (Lipinski definition) is 6. The van der Waals surface area contributed by atoms with Crippen LogP contribution in [0.5, 0.6) is 0 Å². The Balaban J connectivity index is 1.57. The summed E-state index contributed by atoms with van der Waals surface area (Å²) in [5.74, 6) is -0.614. The first kappa shape index (κ1) is 22.7. The summed E-state index contributed by atoms with van der Waals surface area (Å²) in [6.07, 6.45) is 6.79. The number of carbonyl (C=O) groups excluding carboxylic acids is 2. The molecule has 0 N–H and O–H groups in total. The SMILES string of the molecule is CCOC(=O)CC(=O)C[C@@H]1C=C[C@H](OC2CCCCO2)[C@H]1COCc1ccccc1. The molecular weight excluding hydrogens is 384 g/mol. The van der Waals surface area contributed by atoms with Gasteiger partial charge in [0.15, 0.2) is 6.29 Å². The predicted octanol–water partition coefficient (Wildman–Crippen LogP) is 3.83. The maximum absolute atomic E-state index is 12.4. The Morgan fingerprint density at radius 2 is 1.97 bits per heavy atom. The molecule has 1 saturated heterocycles. The second-order valence-electron chi connectivity index (χ2n) is 7.83. The van der Waals surface area contributed by atoms with E-state index in [-0.39, 0.29) is 49.5 Å². The van der Waals surface area contributed by atoms with E-state index in [9.17, 15) is 9.59 Å². The molecule has 0 spiro atoms. The molecule has 2 aliphatic rings. The van der Waals surface area contributed by atoms with Crippen LogP contribution in [0.25, 0.3) is 0 Å². The highest BCUT2D eigenvalue weighted by atomic mass is 16.7. The zero-order valence-corrected chi connectivity index (χ0v) is 17.7. The number of ketones is 1. The first-order valence-electron chi connectivity index (χ1n) is 10.9. The van der Waals surface area contributed by atoms with Gasteiger partial charge in [0.05, 0.1) is 25.9 Å². The number of benzene rings is 1. The van der Waals surface area contributed by atoms with Crippen LogP contribution < -0.4 is 0 Å². The summed E-state index contributed by atoms with van der Waals surface area (Å²) in [7, 11) is 0. The lowest BCUT2D eigenvalue weighted by molar-refractivity contribution is -0.191. The van der Waals surface area contributed by atoms with E-state index in [1.54, 1.807) is 6.92 Å². The Morgan fingerprint density at radius 3 is 2.70 bits per heavy atom. The zero-order chi connectivity index (χ0) is 21.2. The Kier molecular flexibility index (Phi) is 9.05. The van der Waals surface area contributed by atoms with E-state index in [1.807, 2.05) is 42.5 Å². The summed E-state index contributed by atoms with van der Waals surface area (Å²) in [6.45, 7) is 3.71. The molecule has 1 aromatic carbocycles. The van der Waals surface area contributed by atoms with E-state index in [0.717, 1.165) is 31.4 Å². The largest absolute Gasteiger partial charge is 0.466 e. The van der Waals surface area contributed by atoms with E-state index in [0.29, 0.717) is 13.2 Å². The normalized spacial score (nSPS) is 25.9. The predicted molar refractivity (Wildman–Crippen MR) is 112 cm³/mol. The van der Waals surface area contributed by atoms with Gasteiger partial charge in [0.1, 0.15) is 12.2 Å². The van der Waals surface area contributed by atoms with Crippen LogP contribution in [0.2, 0.25) is 0 Å². The third-order valence-electron chi connectivity index (χ3n) is 5.50. The number of Topliss-reactive ketones (excluding diaryl/α,β-unsaturated/α-hetero) is 1. The van der Waals surface area contributed by atoms with E-state index in [4.69, 9.17) is 18.9 Å². The van der Waals surface area contributed by atoms with Crippen molar-refractivity contribution in [1.29, 1.82) is 0 Å². The first-order valence-corrected chi connectivity index (χ1v) is 10.9. The fourth-order valence-electron chi connectivity index (χ4n) is 3.95. The molecule has 6 heteroatoms. The summed E-state index contributed by atoms with van der Waals surface area (Å²) in [4.78, 5) is 24.0. The minimum Gasteiger partial charge on any atom is -0.466 e. The van der Waals surface area contributed by atoms with Gasteiger partial charge in [0, 0.05) is 18.9 Å². The maximum atomic E-state index is 12.4. The molecule has 1 fully saturated rings. The number of allylic oxidation sites excluding steroid dienone is 1. The van der Waals surface area contributed by atoms with Gasteiger partial charge in [-0.05, 0) is 37.7 Å². The quantitative estimate of drug-likeness (QED) is 0.310. The van der Waals surface area contributed by atoms with Crippen molar-refractivity contribution in [3.63, 3.8) is 0 Å². The second kappa shape index (κ2) is 12.0. The first-order chi connectivity index (χ1) is 14.7. The summed E-state index contributed by atoms with van der Waals surface area (Å²) in [5, 5.41) is 0. The van der Waals surface area contributed by atoms with Gasteiger partial charge in [-0.3, -0.25) is 9.59 Å². The van der Waals surface area contributed by atoms with Crippen molar-refractivity contribution in [3.05, 3.63) is 48.0 Å². The highest BCUT2D eigenvalue weighted by Gasteiger charge is 2.36. The third kappa shape index (κ3) is 7.04. The van der Waals surface area contributed by atoms with Crippen molar-refractivity contribution in [2.75, 3.05) is 19.8 Å². The Labute approximate surface area is 178 Å². The summed E-state index contributed by atoms with van der Waals surface area (Å²) < 4.78 is 22.8. The van der Waals surface area contributed by atoms with Crippen molar-refractivity contribution < 1.29 is 28.5 Å². The van der Waals surface area contributed by atoms with Gasteiger partial charge in [-0.15, -0.1) is 0 Å². The van der Waals surface area contributed by atoms with Crippen molar-refractivity contribution in [1.82, 2.24) is 0 Å². The van der Waals surface area contributed by atoms with Gasteiger partial charge in [0.2, 0.25) is 0 Å². The van der Waals surface area contributed by atoms with E-state index < -0.39 is 5.97 Å². The summed E-state index contributed by atoms with van der Waals surface area (Å²) in [6, 6.07) is 10.00. The lowest BCUT2D eigenvalue weighted by Gasteiger charge is -2.30. The highest BCUT2D eigenvalue weighted by Crippen LogP contribution is 2.33. The molecule has 4 atom stereocenters. The molecular formula is C24H32O6. The number of esters is 1. The van der Waals surface area contributed by atoms with Gasteiger partial charge in [-0.1, -0.05) is 42.5 Å². The van der Waals surface area contributed by atoms with Crippen LogP contribution in [0.15, 0.2) is 42.5 Å². The van der Waals surface area contributed by atoms with Crippen molar-refractivity contribution in [2.24, 2.45) is 11.8 Å². The van der Waals surface area contributed by atoms with Crippen LogP contribution in [0.3, 0.4) is 0 Å². The van der Waals surface area contributed by atoms with E-state index in [1.165, 1.54) is 0 Å². The van der Waals surface area contributed by atoms with E-state index in [2.05, 4.69) is 0 Å². The number of ether oxygens (including phenoxy) is 4. The Morgan fingerprint density at radius 1 is 1.13 bits per heavy atom. The van der Waals surface area contributed by atoms with Gasteiger partial charge in [-0.25, -0.2) is 0 Å². The van der Waals surface area contributed by atoms with Crippen LogP contribution in [0.1, 0.15) is 44.6 Å². The van der Waals surface area contributed by atoms with Crippen molar-refractivity contribution in [2.45, 2.75) is 58.0 Å². The molecule has 30 heavy (non-hydrogen) atoms. The molecule has 3 rings (SSSR count). The smallest absolute Gasteiger partial charge is 0.313 e. The number of rotatable bonds is 11. The van der Waals surface area contributed by atoms with Gasteiger partial charge in [-0.2, -0.15) is 0 Å². The molecule has 0 radical (unpaired) electrons. The molecule has 1 unspecified atom stereocenters. The number of carbonyl (C=O) groups is 2. The topological polar surface area (TPSA) is 71.1 Å². The summed E-state index contributed by atoms with van der Waals surface area (Å²) in [5.41, 5.74) is 1.10. The molecule has 1 aliphatic carbocycles. The molecule has 1 heterocycles. The molecule has 1 aromatic rings. The minimum atomic E-state index is -0.468. The average molecular weight is 417 g/mol. The van der Waals surface area contributed by atoms with Crippen LogP contribution >= 0.6 is 0 Å². The molecule has 1 aliphatic heterocycles. The third-order valence-corrected chi connectivity index (χ3v) is 5.50. The molecule has 0 aromatic heterocycles. The summed E-state index contributed by atoms with van der Waals surface area (Å²) >= 11 is 0. The van der Waals surface area contributed by atoms with Crippen LogP contribution in [-0.2, 0) is 35.1 Å². The fraction of sp³-hybridized carbons (Fsp3) is 0.583. The van der Waals surface area contributed by atoms with Crippen LogP contribution in [0.4, 0.5) is 0 Å². The fourth-order valence-corrected chi connectivity index (χ4v) is 3.95. The molecule has 6 nitrogen and oxygen atoms in total. The monoisotopic (exact) mass is 416 g/mol. The Hall–Kier alpha value is -2.02. The highest BCUT2D eigenvalue weighted by molar-refractivity contribution is 5.95. The van der Waals surface area contributed by atoms with Gasteiger partial charge in [0.25, 0.3) is 0 Å². The standard InChI is InChI=1S/C24H32O6/c1-2-28-23(26)15-20(25)14-19-11-12-22(30-24-10-6-7-13-29-24)21(19)17-27-16-18-8-4-3-5-9-18/h3-5,8-9,11-12,19,21-22,24H,2,6-7,10,13-17H2,1H3/t19-,21-,22-,24?/m0/s1. The van der Waals surface area contributed by atoms with Crippen molar-refractivity contribution >= 4 is 11.8 Å². The maximum Gasteiger partial charge on any atom is 0.313 e. The molecule has 0 bridgehead atoms. The second-order valence-corrected chi connectivity index (χ2v) is 7.83. The Bertz CT molecular complexity index is 695. The zero-order valence-electron chi connectivity index (χ0n) is 17.7. The lowest BCUT2D eigenvalue weighted by Crippen LogP contribution is -2.34. The number of hydrogen-bond donors (Lipinski definition) is 0. The van der Waals surface area contributed by atoms with Gasteiger partial charge < -0.3 is 18.9 Å². The molecule has 164 valence electrons. The van der Waals surface area contributed by atoms with Crippen LogP contribution in [-0.4, -0.2) is 44.0 Å². The average Bonchev–Trinajstić information content (AvgIpc) is 3.10. The minimum absolute atomic E-state index is 0.00499. The molecule has 0 saturated carbocycles. The van der Waals surface area contributed by atoms with Crippen molar-refractivity contribution in [3.8, 4) is 0 Å². The molecule has 0 amide bonds. The lowest BCUT2D eigenvalue weighted by atomic mass is 9.89. The van der Waals surface area contributed by atoms with Gasteiger partial charge >= 0.3 is 5.97 Å². The van der Waals surface area contributed by atoms with E-state index >= 15 is 0 Å². The van der Waals surface area contributed by atoms with Crippen LogP contribution in [0, 0.1) is 11.8 Å².